The zero-order chi connectivity index (χ0) is 20.0. The summed E-state index contributed by atoms with van der Waals surface area (Å²) in [5.41, 5.74) is 6.16. The normalized spacial score (nSPS) is 12.6. The maximum absolute atomic E-state index is 6.19. The number of fused-ring (bicyclic) bond motifs is 9. The summed E-state index contributed by atoms with van der Waals surface area (Å²) in [5, 5.41) is 7.10. The van der Waals surface area contributed by atoms with E-state index in [4.69, 9.17) is 8.83 Å². The van der Waals surface area contributed by atoms with Crippen LogP contribution in [0.15, 0.2) is 81.6 Å². The largest absolute Gasteiger partial charge is 0.456 e. The molecule has 0 saturated carbocycles. The molecule has 0 N–H and O–H groups in total. The van der Waals surface area contributed by atoms with Gasteiger partial charge in [-0.1, -0.05) is 36.4 Å². The number of aromatic nitrogens is 1. The zero-order valence-corrected chi connectivity index (χ0v) is 16.8. The first-order valence-corrected chi connectivity index (χ1v) is 10.4. The highest BCUT2D eigenvalue weighted by Gasteiger charge is 2.19. The summed E-state index contributed by atoms with van der Waals surface area (Å²) < 4.78 is 14.8. The topological polar surface area (TPSA) is 31.2 Å². The van der Waals surface area contributed by atoms with Crippen LogP contribution in [0.4, 0.5) is 0 Å². The molecule has 7 aromatic rings. The SMILES string of the molecule is CC(C)n1c2cc3oc4ccccc4c3cc2c2cc3oc4ccccc4c3cc21. The average Bonchev–Trinajstić information content (AvgIpc) is 3.39. The standard InChI is InChI=1S/C27H19NO2/c1-15(2)28-22-12-21-17-8-4-6-10-25(17)29-26(21)13-19(22)18-11-20-16-7-3-5-9-24(16)30-27(20)14-23(18)28/h3-15H,1-2H3. The lowest BCUT2D eigenvalue weighted by Gasteiger charge is -2.11. The van der Waals surface area contributed by atoms with Gasteiger partial charge in [0.25, 0.3) is 0 Å². The van der Waals surface area contributed by atoms with Crippen molar-refractivity contribution in [3.05, 3.63) is 72.8 Å². The minimum atomic E-state index is 0.322. The van der Waals surface area contributed by atoms with Crippen LogP contribution >= 0.6 is 0 Å². The highest BCUT2D eigenvalue weighted by atomic mass is 16.3. The lowest BCUT2D eigenvalue weighted by atomic mass is 10.1. The number of hydrogen-bond acceptors (Lipinski definition) is 2. The van der Waals surface area contributed by atoms with E-state index in [1.807, 2.05) is 24.3 Å². The van der Waals surface area contributed by atoms with Gasteiger partial charge in [0.2, 0.25) is 0 Å². The molecule has 0 radical (unpaired) electrons. The molecule has 3 heterocycles. The van der Waals surface area contributed by atoms with Gasteiger partial charge < -0.3 is 13.4 Å². The molecule has 0 amide bonds. The maximum atomic E-state index is 6.19. The van der Waals surface area contributed by atoms with E-state index in [9.17, 15) is 0 Å². The summed E-state index contributed by atoms with van der Waals surface area (Å²) in [5.74, 6) is 0. The molecule has 30 heavy (non-hydrogen) atoms. The van der Waals surface area contributed by atoms with Crippen molar-refractivity contribution in [2.45, 2.75) is 19.9 Å². The van der Waals surface area contributed by atoms with Gasteiger partial charge in [0.05, 0.1) is 11.0 Å². The molecule has 0 bridgehead atoms. The number of furan rings is 2. The first-order valence-electron chi connectivity index (χ1n) is 10.4. The Kier molecular flexibility index (Phi) is 2.93. The van der Waals surface area contributed by atoms with Gasteiger partial charge in [-0.2, -0.15) is 0 Å². The molecular formula is C27H19NO2. The molecule has 7 rings (SSSR count). The lowest BCUT2D eigenvalue weighted by Crippen LogP contribution is -1.99. The van der Waals surface area contributed by atoms with Gasteiger partial charge >= 0.3 is 0 Å². The van der Waals surface area contributed by atoms with Crippen molar-refractivity contribution in [2.75, 3.05) is 0 Å². The van der Waals surface area contributed by atoms with Crippen LogP contribution in [0.5, 0.6) is 0 Å². The fourth-order valence-electron chi connectivity index (χ4n) is 5.04. The van der Waals surface area contributed by atoms with Crippen molar-refractivity contribution in [1.29, 1.82) is 0 Å². The van der Waals surface area contributed by atoms with Crippen molar-refractivity contribution in [3.8, 4) is 0 Å². The van der Waals surface area contributed by atoms with Gasteiger partial charge in [0.15, 0.2) is 0 Å². The van der Waals surface area contributed by atoms with Gasteiger partial charge in [-0.3, -0.25) is 0 Å². The first-order chi connectivity index (χ1) is 14.7. The monoisotopic (exact) mass is 389 g/mol. The van der Waals surface area contributed by atoms with Gasteiger partial charge in [-0.25, -0.2) is 0 Å². The van der Waals surface area contributed by atoms with E-state index in [0.29, 0.717) is 6.04 Å². The second-order valence-electron chi connectivity index (χ2n) is 8.39. The predicted molar refractivity (Wildman–Crippen MR) is 124 cm³/mol. The first kappa shape index (κ1) is 16.1. The van der Waals surface area contributed by atoms with Gasteiger partial charge in [-0.15, -0.1) is 0 Å². The molecule has 0 saturated heterocycles. The molecular weight excluding hydrogens is 370 g/mol. The van der Waals surface area contributed by atoms with Crippen LogP contribution in [0.2, 0.25) is 0 Å². The van der Waals surface area contributed by atoms with Crippen LogP contribution in [-0.2, 0) is 0 Å². The minimum Gasteiger partial charge on any atom is -0.456 e. The van der Waals surface area contributed by atoms with E-state index in [1.54, 1.807) is 0 Å². The number of hydrogen-bond donors (Lipinski definition) is 0. The van der Waals surface area contributed by atoms with Gasteiger partial charge in [0.1, 0.15) is 22.3 Å². The van der Waals surface area contributed by atoms with Crippen molar-refractivity contribution < 1.29 is 8.83 Å². The van der Waals surface area contributed by atoms with Crippen molar-refractivity contribution in [3.63, 3.8) is 0 Å². The van der Waals surface area contributed by atoms with Crippen LogP contribution in [-0.4, -0.2) is 4.57 Å². The molecule has 0 atom stereocenters. The molecule has 4 aromatic carbocycles. The summed E-state index contributed by atoms with van der Waals surface area (Å²) in [6, 6.07) is 25.8. The zero-order valence-electron chi connectivity index (χ0n) is 16.8. The highest BCUT2D eigenvalue weighted by molar-refractivity contribution is 6.20. The Hall–Kier alpha value is -3.72. The highest BCUT2D eigenvalue weighted by Crippen LogP contribution is 2.41. The van der Waals surface area contributed by atoms with Crippen LogP contribution < -0.4 is 0 Å². The van der Waals surface area contributed by atoms with Crippen LogP contribution in [0.1, 0.15) is 19.9 Å². The van der Waals surface area contributed by atoms with E-state index in [0.717, 1.165) is 43.9 Å². The molecule has 3 aromatic heterocycles. The Morgan fingerprint density at radius 3 is 1.73 bits per heavy atom. The number of benzene rings is 4. The number of para-hydroxylation sites is 2. The third kappa shape index (κ3) is 1.94. The van der Waals surface area contributed by atoms with E-state index < -0.39 is 0 Å². The third-order valence-corrected chi connectivity index (χ3v) is 6.32. The van der Waals surface area contributed by atoms with Crippen molar-refractivity contribution in [1.82, 2.24) is 4.57 Å². The second-order valence-corrected chi connectivity index (χ2v) is 8.39. The Morgan fingerprint density at radius 1 is 0.533 bits per heavy atom. The van der Waals surface area contributed by atoms with Crippen molar-refractivity contribution >= 4 is 65.7 Å². The summed E-state index contributed by atoms with van der Waals surface area (Å²) >= 11 is 0. The minimum absolute atomic E-state index is 0.322. The van der Waals surface area contributed by atoms with Crippen LogP contribution in [0, 0.1) is 0 Å². The van der Waals surface area contributed by atoms with E-state index >= 15 is 0 Å². The molecule has 0 aliphatic heterocycles. The summed E-state index contributed by atoms with van der Waals surface area (Å²) in [6.45, 7) is 4.47. The molecule has 3 heteroatoms. The number of rotatable bonds is 1. The summed E-state index contributed by atoms with van der Waals surface area (Å²) in [7, 11) is 0. The summed E-state index contributed by atoms with van der Waals surface area (Å²) in [4.78, 5) is 0. The quantitative estimate of drug-likeness (QED) is 0.283. The van der Waals surface area contributed by atoms with E-state index in [-0.39, 0.29) is 0 Å². The molecule has 3 nitrogen and oxygen atoms in total. The Morgan fingerprint density at radius 2 is 1.07 bits per heavy atom. The van der Waals surface area contributed by atoms with Crippen LogP contribution in [0.3, 0.4) is 0 Å². The van der Waals surface area contributed by atoms with E-state index in [2.05, 4.69) is 66.9 Å². The molecule has 0 fully saturated rings. The van der Waals surface area contributed by atoms with E-state index in [1.165, 1.54) is 21.8 Å². The maximum Gasteiger partial charge on any atom is 0.137 e. The van der Waals surface area contributed by atoms with Crippen molar-refractivity contribution in [2.24, 2.45) is 0 Å². The van der Waals surface area contributed by atoms with Gasteiger partial charge in [0, 0.05) is 44.4 Å². The number of nitrogens with zero attached hydrogens (tertiary/aromatic N) is 1. The average molecular weight is 389 g/mol. The Labute approximate surface area is 172 Å². The Balaban J connectivity index is 1.71. The molecule has 0 unspecified atom stereocenters. The fourth-order valence-corrected chi connectivity index (χ4v) is 5.04. The smallest absolute Gasteiger partial charge is 0.137 e. The molecule has 0 spiro atoms. The van der Waals surface area contributed by atoms with Crippen LogP contribution in [0.25, 0.3) is 65.7 Å². The molecule has 0 aliphatic rings. The lowest BCUT2D eigenvalue weighted by molar-refractivity contribution is 0.640. The predicted octanol–water partition coefficient (Wildman–Crippen LogP) is 8.17. The fraction of sp³-hybridized carbons (Fsp3) is 0.111. The molecule has 144 valence electrons. The Bertz CT molecular complexity index is 1780. The second kappa shape index (κ2) is 5.45. The molecule has 0 aliphatic carbocycles. The summed E-state index contributed by atoms with van der Waals surface area (Å²) in [6.07, 6.45) is 0. The third-order valence-electron chi connectivity index (χ3n) is 6.32. The van der Waals surface area contributed by atoms with Gasteiger partial charge in [-0.05, 0) is 44.2 Å².